The summed E-state index contributed by atoms with van der Waals surface area (Å²) in [5.41, 5.74) is 1.80. The molecule has 0 saturated carbocycles. The van der Waals surface area contributed by atoms with Gasteiger partial charge in [-0.25, -0.2) is 0 Å². The van der Waals surface area contributed by atoms with E-state index in [1.165, 1.54) is 0 Å². The molecule has 0 fully saturated rings. The van der Waals surface area contributed by atoms with Gasteiger partial charge in [-0.3, -0.25) is 0 Å². The molecule has 2 nitrogen and oxygen atoms in total. The monoisotopic (exact) mass is 461 g/mol. The van der Waals surface area contributed by atoms with Gasteiger partial charge in [-0.1, -0.05) is 30.3 Å². The third kappa shape index (κ3) is 3.36. The Bertz CT molecular complexity index is 567. The zero-order chi connectivity index (χ0) is 13.0. The Hall–Kier alpha value is -0.810. The minimum absolute atomic E-state index is 0.540. The van der Waals surface area contributed by atoms with E-state index < -0.39 is 0 Å². The van der Waals surface area contributed by atoms with Gasteiger partial charge in [0.25, 0.3) is 0 Å². The number of rotatable bonds is 3. The fourth-order valence-electron chi connectivity index (χ4n) is 1.49. The summed E-state index contributed by atoms with van der Waals surface area (Å²) in [5.74, 6) is 0.846. The van der Waals surface area contributed by atoms with Crippen molar-refractivity contribution in [3.8, 4) is 11.8 Å². The van der Waals surface area contributed by atoms with Crippen molar-refractivity contribution >= 4 is 45.2 Å². The second-order valence-electron chi connectivity index (χ2n) is 3.66. The van der Waals surface area contributed by atoms with E-state index in [0.717, 1.165) is 18.5 Å². The fourth-order valence-corrected chi connectivity index (χ4v) is 3.57. The standard InChI is InChI=1S/C14H9I2NO/c15-12-6-11(8-17)7-13(16)14(12)18-9-10-4-2-1-3-5-10/h1-7H,9H2. The Morgan fingerprint density at radius 2 is 1.67 bits per heavy atom. The van der Waals surface area contributed by atoms with Crippen LogP contribution in [0, 0.1) is 18.5 Å². The number of benzene rings is 2. The van der Waals surface area contributed by atoms with E-state index in [9.17, 15) is 0 Å². The van der Waals surface area contributed by atoms with Crippen LogP contribution in [0.5, 0.6) is 5.75 Å². The molecule has 2 rings (SSSR count). The van der Waals surface area contributed by atoms with Crippen molar-refractivity contribution in [2.24, 2.45) is 0 Å². The summed E-state index contributed by atoms with van der Waals surface area (Å²) < 4.78 is 7.76. The molecule has 0 aliphatic carbocycles. The van der Waals surface area contributed by atoms with Crippen molar-refractivity contribution < 1.29 is 4.74 Å². The smallest absolute Gasteiger partial charge is 0.146 e. The van der Waals surface area contributed by atoms with Gasteiger partial charge >= 0.3 is 0 Å². The maximum atomic E-state index is 8.89. The molecule has 0 amide bonds. The van der Waals surface area contributed by atoms with Crippen molar-refractivity contribution in [3.63, 3.8) is 0 Å². The fraction of sp³-hybridized carbons (Fsp3) is 0.0714. The van der Waals surface area contributed by atoms with E-state index >= 15 is 0 Å². The van der Waals surface area contributed by atoms with Crippen LogP contribution in [0.2, 0.25) is 0 Å². The minimum atomic E-state index is 0.540. The third-order valence-electron chi connectivity index (χ3n) is 2.35. The largest absolute Gasteiger partial charge is 0.487 e. The van der Waals surface area contributed by atoms with Gasteiger partial charge in [0.05, 0.1) is 18.8 Å². The van der Waals surface area contributed by atoms with Gasteiger partial charge < -0.3 is 4.74 Å². The molecule has 0 aromatic heterocycles. The second kappa shape index (κ2) is 6.38. The Labute approximate surface area is 133 Å². The van der Waals surface area contributed by atoms with E-state index in [1.807, 2.05) is 42.5 Å². The van der Waals surface area contributed by atoms with E-state index in [2.05, 4.69) is 51.3 Å². The molecule has 0 aliphatic rings. The number of halogens is 2. The molecular weight excluding hydrogens is 452 g/mol. The van der Waals surface area contributed by atoms with Crippen LogP contribution in [0.15, 0.2) is 42.5 Å². The summed E-state index contributed by atoms with van der Waals surface area (Å²) in [5, 5.41) is 8.89. The van der Waals surface area contributed by atoms with Gasteiger partial charge in [0.1, 0.15) is 12.4 Å². The summed E-state index contributed by atoms with van der Waals surface area (Å²) in [6.45, 7) is 0.540. The van der Waals surface area contributed by atoms with Crippen LogP contribution in [-0.4, -0.2) is 0 Å². The van der Waals surface area contributed by atoms with E-state index in [4.69, 9.17) is 10.00 Å². The van der Waals surface area contributed by atoms with Crippen LogP contribution < -0.4 is 4.74 Å². The molecule has 2 aromatic rings. The maximum Gasteiger partial charge on any atom is 0.146 e. The van der Waals surface area contributed by atoms with Crippen molar-refractivity contribution in [1.82, 2.24) is 0 Å². The van der Waals surface area contributed by atoms with Gasteiger partial charge in [0, 0.05) is 0 Å². The van der Waals surface area contributed by atoms with Crippen molar-refractivity contribution in [1.29, 1.82) is 5.26 Å². The number of hydrogen-bond donors (Lipinski definition) is 0. The Kier molecular flexibility index (Phi) is 4.83. The number of ether oxygens (including phenoxy) is 1. The first-order chi connectivity index (χ1) is 8.70. The molecule has 0 saturated heterocycles. The van der Waals surface area contributed by atoms with Crippen LogP contribution >= 0.6 is 45.2 Å². The molecule has 0 unspecified atom stereocenters. The SMILES string of the molecule is N#Cc1cc(I)c(OCc2ccccc2)c(I)c1. The highest BCUT2D eigenvalue weighted by atomic mass is 127. The van der Waals surface area contributed by atoms with Crippen LogP contribution in [0.3, 0.4) is 0 Å². The van der Waals surface area contributed by atoms with E-state index in [0.29, 0.717) is 12.2 Å². The molecule has 0 aliphatic heterocycles. The first kappa shape index (κ1) is 13.6. The van der Waals surface area contributed by atoms with Gasteiger partial charge in [0.2, 0.25) is 0 Å². The van der Waals surface area contributed by atoms with Crippen molar-refractivity contribution in [2.75, 3.05) is 0 Å². The van der Waals surface area contributed by atoms with Crippen LogP contribution in [-0.2, 0) is 6.61 Å². The maximum absolute atomic E-state index is 8.89. The van der Waals surface area contributed by atoms with E-state index in [-0.39, 0.29) is 0 Å². The Morgan fingerprint density at radius 1 is 1.06 bits per heavy atom. The number of hydrogen-bond acceptors (Lipinski definition) is 2. The molecule has 0 N–H and O–H groups in total. The first-order valence-corrected chi connectivity index (χ1v) is 7.42. The second-order valence-corrected chi connectivity index (χ2v) is 5.98. The van der Waals surface area contributed by atoms with Crippen molar-refractivity contribution in [3.05, 3.63) is 60.7 Å². The lowest BCUT2D eigenvalue weighted by Crippen LogP contribution is -1.99. The van der Waals surface area contributed by atoms with Gasteiger partial charge in [-0.05, 0) is 62.9 Å². The molecule has 4 heteroatoms. The summed E-state index contributed by atoms with van der Waals surface area (Å²) in [4.78, 5) is 0. The number of nitrogens with zero attached hydrogens (tertiary/aromatic N) is 1. The van der Waals surface area contributed by atoms with E-state index in [1.54, 1.807) is 0 Å². The Balaban J connectivity index is 2.18. The molecule has 0 spiro atoms. The predicted molar refractivity (Wildman–Crippen MR) is 87.4 cm³/mol. The molecule has 0 heterocycles. The highest BCUT2D eigenvalue weighted by Gasteiger charge is 2.08. The zero-order valence-corrected chi connectivity index (χ0v) is 13.7. The summed E-state index contributed by atoms with van der Waals surface area (Å²) >= 11 is 4.39. The minimum Gasteiger partial charge on any atom is -0.487 e. The lowest BCUT2D eigenvalue weighted by molar-refractivity contribution is 0.301. The van der Waals surface area contributed by atoms with Crippen LogP contribution in [0.25, 0.3) is 0 Å². The average Bonchev–Trinajstić information content (AvgIpc) is 2.38. The molecule has 18 heavy (non-hydrogen) atoms. The average molecular weight is 461 g/mol. The molecule has 0 radical (unpaired) electrons. The molecule has 0 bridgehead atoms. The molecule has 0 atom stereocenters. The lowest BCUT2D eigenvalue weighted by Gasteiger charge is -2.10. The quantitative estimate of drug-likeness (QED) is 0.638. The summed E-state index contributed by atoms with van der Waals surface area (Å²) in [6.07, 6.45) is 0. The van der Waals surface area contributed by atoms with Gasteiger partial charge in [0.15, 0.2) is 0 Å². The normalized spacial score (nSPS) is 9.83. The summed E-state index contributed by atoms with van der Waals surface area (Å²) in [6, 6.07) is 15.9. The highest BCUT2D eigenvalue weighted by Crippen LogP contribution is 2.29. The van der Waals surface area contributed by atoms with Crippen LogP contribution in [0.4, 0.5) is 0 Å². The molecular formula is C14H9I2NO. The topological polar surface area (TPSA) is 33.0 Å². The summed E-state index contributed by atoms with van der Waals surface area (Å²) in [7, 11) is 0. The van der Waals surface area contributed by atoms with Crippen molar-refractivity contribution in [2.45, 2.75) is 6.61 Å². The van der Waals surface area contributed by atoms with Gasteiger partial charge in [-0.15, -0.1) is 0 Å². The highest BCUT2D eigenvalue weighted by molar-refractivity contribution is 14.1. The third-order valence-corrected chi connectivity index (χ3v) is 3.96. The van der Waals surface area contributed by atoms with Crippen LogP contribution in [0.1, 0.15) is 11.1 Å². The Morgan fingerprint density at radius 3 is 2.22 bits per heavy atom. The number of nitriles is 1. The lowest BCUT2D eigenvalue weighted by atomic mass is 10.2. The first-order valence-electron chi connectivity index (χ1n) is 5.26. The zero-order valence-electron chi connectivity index (χ0n) is 9.36. The predicted octanol–water partition coefficient (Wildman–Crippen LogP) is 4.35. The molecule has 90 valence electrons. The van der Waals surface area contributed by atoms with Gasteiger partial charge in [-0.2, -0.15) is 5.26 Å². The molecule has 2 aromatic carbocycles.